The molecule has 0 saturated heterocycles. The molecule has 4 aromatic heterocycles. The van der Waals surface area contributed by atoms with Crippen LogP contribution >= 0.6 is 81.5 Å². The number of ether oxygens (including phenoxy) is 1. The van der Waals surface area contributed by atoms with Crippen LogP contribution in [0.1, 0.15) is 103 Å². The number of carboxylic acid groups (broad SMARTS) is 1. The maximum absolute atomic E-state index is 13.0. The Bertz CT molecular complexity index is 2550. The van der Waals surface area contributed by atoms with Gasteiger partial charge in [-0.05, 0) is 98.9 Å². The van der Waals surface area contributed by atoms with Gasteiger partial charge in [0.05, 0.1) is 18.7 Å². The highest BCUT2D eigenvalue weighted by Gasteiger charge is 2.29. The summed E-state index contributed by atoms with van der Waals surface area (Å²) in [7, 11) is 0. The van der Waals surface area contributed by atoms with E-state index in [1.54, 1.807) is 36.9 Å². The molecule has 0 aliphatic carbocycles. The Labute approximate surface area is 425 Å². The van der Waals surface area contributed by atoms with E-state index in [1.807, 2.05) is 81.4 Å². The average molecular weight is 1100 g/mol. The van der Waals surface area contributed by atoms with E-state index in [4.69, 9.17) is 4.74 Å². The number of thiophene rings is 2. The minimum atomic E-state index is -1.07. The highest BCUT2D eigenvalue weighted by molar-refractivity contribution is 9.10. The zero-order valence-electron chi connectivity index (χ0n) is 38.2. The Morgan fingerprint density at radius 2 is 0.924 bits per heavy atom. The molecular weight excluding hydrogens is 1040 g/mol. The molecule has 0 fully saturated rings. The summed E-state index contributed by atoms with van der Waals surface area (Å²) in [6, 6.07) is 20.5. The highest BCUT2D eigenvalue weighted by Crippen LogP contribution is 2.31. The number of nitrogens with zero attached hydrogens (tertiary/aromatic N) is 4. The molecule has 0 unspecified atom stereocenters. The number of aliphatic carboxylic acids is 1. The van der Waals surface area contributed by atoms with Crippen molar-refractivity contribution >= 4 is 105 Å². The van der Waals surface area contributed by atoms with Crippen LogP contribution in [0.15, 0.2) is 107 Å². The lowest BCUT2D eigenvalue weighted by molar-refractivity contribution is -0.157. The second-order valence-electron chi connectivity index (χ2n) is 18.0. The van der Waals surface area contributed by atoms with E-state index in [-0.39, 0.29) is 56.1 Å². The molecule has 18 heteroatoms. The van der Waals surface area contributed by atoms with Crippen LogP contribution < -0.4 is 10.6 Å². The minimum Gasteiger partial charge on any atom is -0.480 e. The van der Waals surface area contributed by atoms with Crippen molar-refractivity contribution in [1.29, 1.82) is 0 Å². The van der Waals surface area contributed by atoms with E-state index in [0.717, 1.165) is 41.0 Å². The number of carbonyl (C=O) groups excluding carboxylic acids is 3. The summed E-state index contributed by atoms with van der Waals surface area (Å²) < 4.78 is 7.20. The Balaban J connectivity index is 0.000000342. The Morgan fingerprint density at radius 3 is 1.24 bits per heavy atom. The third-order valence-electron chi connectivity index (χ3n) is 9.28. The number of hydrogen-bond acceptors (Lipinski definition) is 11. The Hall–Kier alpha value is -4.46. The van der Waals surface area contributed by atoms with Crippen molar-refractivity contribution < 1.29 is 29.0 Å². The van der Waals surface area contributed by atoms with Crippen LogP contribution in [0.25, 0.3) is 22.8 Å². The monoisotopic (exact) mass is 1100 g/mol. The summed E-state index contributed by atoms with van der Waals surface area (Å²) in [5.74, 6) is -0.997. The van der Waals surface area contributed by atoms with Crippen molar-refractivity contribution in [3.8, 4) is 22.8 Å². The molecule has 0 radical (unpaired) electrons. The number of hydrogen-bond donors (Lipinski definition) is 3. The molecule has 2 aromatic carbocycles. The summed E-state index contributed by atoms with van der Waals surface area (Å²) in [5, 5.41) is 15.1. The van der Waals surface area contributed by atoms with Crippen molar-refractivity contribution in [1.82, 2.24) is 30.6 Å². The van der Waals surface area contributed by atoms with Crippen LogP contribution in [-0.2, 0) is 38.0 Å². The molecule has 2 amide bonds. The Morgan fingerprint density at radius 1 is 0.576 bits per heavy atom. The zero-order valence-corrected chi connectivity index (χ0v) is 45.0. The van der Waals surface area contributed by atoms with E-state index in [0.29, 0.717) is 27.8 Å². The van der Waals surface area contributed by atoms with E-state index in [2.05, 4.69) is 104 Å². The number of rotatable bonds is 12. The van der Waals surface area contributed by atoms with Crippen LogP contribution in [0, 0.1) is 0 Å². The van der Waals surface area contributed by atoms with Gasteiger partial charge in [0.25, 0.3) is 11.8 Å². The SMILES string of the molecule is CC(C)(C)OC(=O)[C@H](Cc1ccc(-c2ncc(Br)cn2)cc1)NC(=O)c1ccc(C(C)(C)C)s1.CC(C)(C)c1ccc(C(=O)N[C@@H](Cc2ccc(-c3ncc(Br)cn3)cc2)C(=O)O)s1.S.S. The minimum absolute atomic E-state index is 0. The van der Waals surface area contributed by atoms with Gasteiger partial charge in [-0.2, -0.15) is 27.0 Å². The number of aromatic nitrogens is 4. The molecule has 6 aromatic rings. The second kappa shape index (κ2) is 24.0. The second-order valence-corrected chi connectivity index (χ2v) is 22.0. The summed E-state index contributed by atoms with van der Waals surface area (Å²) in [5.41, 5.74) is 2.61. The van der Waals surface area contributed by atoms with Crippen molar-refractivity contribution in [2.75, 3.05) is 0 Å². The topological polar surface area (TPSA) is 173 Å². The van der Waals surface area contributed by atoms with Gasteiger partial charge in [-0.3, -0.25) is 9.59 Å². The number of halogens is 2. The molecule has 12 nitrogen and oxygen atoms in total. The Kier molecular flexibility index (Phi) is 20.3. The first-order valence-corrected chi connectivity index (χ1v) is 23.6. The van der Waals surface area contributed by atoms with E-state index < -0.39 is 29.6 Å². The van der Waals surface area contributed by atoms with Crippen LogP contribution in [0.2, 0.25) is 0 Å². The normalized spacial score (nSPS) is 12.2. The first kappa shape index (κ1) is 55.9. The van der Waals surface area contributed by atoms with Crippen molar-refractivity contribution in [2.24, 2.45) is 0 Å². The van der Waals surface area contributed by atoms with Crippen LogP contribution in [0.3, 0.4) is 0 Å². The fourth-order valence-electron chi connectivity index (χ4n) is 5.92. The summed E-state index contributed by atoms with van der Waals surface area (Å²) in [6.45, 7) is 18.0. The maximum atomic E-state index is 13.0. The molecule has 2 atom stereocenters. The third-order valence-corrected chi connectivity index (χ3v) is 13.1. The molecule has 4 heterocycles. The number of carbonyl (C=O) groups is 4. The first-order valence-electron chi connectivity index (χ1n) is 20.4. The van der Waals surface area contributed by atoms with E-state index >= 15 is 0 Å². The average Bonchev–Trinajstić information content (AvgIpc) is 3.94. The lowest BCUT2D eigenvalue weighted by Gasteiger charge is -2.24. The molecule has 0 aliphatic heterocycles. The largest absolute Gasteiger partial charge is 0.480 e. The summed E-state index contributed by atoms with van der Waals surface area (Å²) >= 11 is 9.47. The number of carboxylic acids is 1. The van der Waals surface area contributed by atoms with E-state index in [1.165, 1.54) is 22.7 Å². The maximum Gasteiger partial charge on any atom is 0.329 e. The number of amides is 2. The molecule has 0 spiro atoms. The highest BCUT2D eigenvalue weighted by atomic mass is 79.9. The van der Waals surface area contributed by atoms with Gasteiger partial charge in [0.2, 0.25) is 0 Å². The van der Waals surface area contributed by atoms with Gasteiger partial charge in [0, 0.05) is 58.5 Å². The van der Waals surface area contributed by atoms with E-state index in [9.17, 15) is 24.3 Å². The van der Waals surface area contributed by atoms with Crippen molar-refractivity contribution in [3.63, 3.8) is 0 Å². The standard InChI is InChI=1S/C26H30BrN3O3S.C22H22BrN3O3S.2H2S/c1-25(2,3)21-12-11-20(34-21)23(31)30-19(24(32)33-26(4,5)6)13-16-7-9-17(10-8-16)22-28-14-18(27)15-29-22;1-22(2,3)18-9-8-17(30-18)20(27)26-16(21(28)29)10-13-4-6-14(7-5-13)19-24-11-15(23)12-25-19;;/h7-12,14-15,19H,13H2,1-6H3,(H,30,31);4-9,11-12,16H,10H2,1-3H3,(H,26,27)(H,28,29);2*1H2/t19-;16-;;/m00../s1. The molecule has 66 heavy (non-hydrogen) atoms. The molecule has 0 bridgehead atoms. The molecular formula is C48H56Br2N6O6S4. The molecule has 352 valence electrons. The fraction of sp³-hybridized carbons (Fsp3) is 0.333. The van der Waals surface area contributed by atoms with Gasteiger partial charge in [0.1, 0.15) is 17.7 Å². The van der Waals surface area contributed by atoms with Gasteiger partial charge in [-0.15, -0.1) is 22.7 Å². The number of esters is 1. The van der Waals surface area contributed by atoms with Crippen LogP contribution in [0.5, 0.6) is 0 Å². The smallest absolute Gasteiger partial charge is 0.329 e. The number of nitrogens with one attached hydrogen (secondary N) is 2. The van der Waals surface area contributed by atoms with Crippen LogP contribution in [0.4, 0.5) is 0 Å². The fourth-order valence-corrected chi connectivity index (χ4v) is 8.27. The molecule has 6 rings (SSSR count). The van der Waals surface area contributed by atoms with Gasteiger partial charge in [-0.1, -0.05) is 90.1 Å². The quantitative estimate of drug-likeness (QED) is 0.100. The first-order chi connectivity index (χ1) is 29.9. The molecule has 3 N–H and O–H groups in total. The van der Waals surface area contributed by atoms with Crippen molar-refractivity contribution in [3.05, 3.63) is 137 Å². The van der Waals surface area contributed by atoms with Gasteiger partial charge in [-0.25, -0.2) is 29.5 Å². The third kappa shape index (κ3) is 16.7. The lowest BCUT2D eigenvalue weighted by Crippen LogP contribution is -2.45. The lowest BCUT2D eigenvalue weighted by atomic mass is 9.95. The van der Waals surface area contributed by atoms with Crippen LogP contribution in [-0.4, -0.2) is 66.5 Å². The number of benzene rings is 2. The van der Waals surface area contributed by atoms with Gasteiger partial charge >= 0.3 is 11.9 Å². The predicted molar refractivity (Wildman–Crippen MR) is 281 cm³/mol. The summed E-state index contributed by atoms with van der Waals surface area (Å²) in [4.78, 5) is 70.6. The summed E-state index contributed by atoms with van der Waals surface area (Å²) in [6.07, 6.45) is 7.21. The molecule has 0 saturated carbocycles. The predicted octanol–water partition coefficient (Wildman–Crippen LogP) is 10.9. The zero-order chi connectivity index (χ0) is 47.0. The van der Waals surface area contributed by atoms with Crippen molar-refractivity contribution in [2.45, 2.75) is 104 Å². The molecule has 0 aliphatic rings. The van der Waals surface area contributed by atoms with Gasteiger partial charge in [0.15, 0.2) is 11.6 Å². The van der Waals surface area contributed by atoms with Gasteiger partial charge < -0.3 is 20.5 Å².